The molecule has 0 radical (unpaired) electrons. The fraction of sp³-hybridized carbons (Fsp3) is 0.571. The molecule has 1 amide bonds. The van der Waals surface area contributed by atoms with Gasteiger partial charge >= 0.3 is 5.97 Å². The van der Waals surface area contributed by atoms with Gasteiger partial charge in [0.2, 0.25) is 0 Å². The summed E-state index contributed by atoms with van der Waals surface area (Å²) in [6.45, 7) is 8.69. The van der Waals surface area contributed by atoms with E-state index in [1.165, 1.54) is 18.6 Å². The smallest absolute Gasteiger partial charge is 0.329 e. The number of nitrogens with one attached hydrogen (secondary N) is 1. The third-order valence-electron chi connectivity index (χ3n) is 2.58. The molecule has 0 saturated carbocycles. The predicted molar refractivity (Wildman–Crippen MR) is 75.8 cm³/mol. The lowest BCUT2D eigenvalue weighted by molar-refractivity contribution is -0.161. The first-order valence-corrected chi connectivity index (χ1v) is 6.53. The number of carbonyl (C=O) groups excluding carboxylic acids is 1. The van der Waals surface area contributed by atoms with Gasteiger partial charge in [0.1, 0.15) is 5.69 Å². The van der Waals surface area contributed by atoms with Crippen LogP contribution in [0.1, 0.15) is 45.1 Å². The van der Waals surface area contributed by atoms with Crippen LogP contribution in [-0.4, -0.2) is 44.2 Å². The van der Waals surface area contributed by atoms with Crippen molar-refractivity contribution in [3.63, 3.8) is 0 Å². The molecule has 1 aromatic heterocycles. The van der Waals surface area contributed by atoms with E-state index in [1.54, 1.807) is 13.8 Å². The van der Waals surface area contributed by atoms with E-state index >= 15 is 0 Å². The molecule has 0 fully saturated rings. The topological polar surface area (TPSA) is 101 Å². The van der Waals surface area contributed by atoms with Crippen LogP contribution < -0.4 is 5.32 Å². The van der Waals surface area contributed by atoms with Gasteiger partial charge in [-0.05, 0) is 34.6 Å². The van der Waals surface area contributed by atoms with Crippen molar-refractivity contribution in [2.45, 2.75) is 51.9 Å². The Morgan fingerprint density at radius 3 is 2.29 bits per heavy atom. The number of hydrogen-bond acceptors (Lipinski definition) is 5. The van der Waals surface area contributed by atoms with Gasteiger partial charge in [0.15, 0.2) is 6.04 Å². The number of carboxylic acids is 1. The van der Waals surface area contributed by atoms with E-state index in [2.05, 4.69) is 15.3 Å². The largest absolute Gasteiger partial charge is 0.480 e. The van der Waals surface area contributed by atoms with Crippen LogP contribution in [0, 0.1) is 0 Å². The first-order chi connectivity index (χ1) is 9.53. The lowest BCUT2D eigenvalue weighted by atomic mass is 9.96. The number of rotatable bonds is 5. The van der Waals surface area contributed by atoms with Crippen molar-refractivity contribution in [3.05, 3.63) is 24.3 Å². The van der Waals surface area contributed by atoms with Crippen molar-refractivity contribution in [3.8, 4) is 0 Å². The second-order valence-corrected chi connectivity index (χ2v) is 6.15. The molecule has 7 heteroatoms. The highest BCUT2D eigenvalue weighted by molar-refractivity contribution is 5.95. The minimum Gasteiger partial charge on any atom is -0.480 e. The van der Waals surface area contributed by atoms with E-state index in [1.807, 2.05) is 20.8 Å². The maximum Gasteiger partial charge on any atom is 0.329 e. The molecule has 116 valence electrons. The average Bonchev–Trinajstić information content (AvgIpc) is 2.33. The highest BCUT2D eigenvalue weighted by atomic mass is 16.5. The van der Waals surface area contributed by atoms with Crippen LogP contribution in [0.2, 0.25) is 0 Å². The Balaban J connectivity index is 2.93. The van der Waals surface area contributed by atoms with E-state index in [0.29, 0.717) is 0 Å². The van der Waals surface area contributed by atoms with Gasteiger partial charge < -0.3 is 15.2 Å². The summed E-state index contributed by atoms with van der Waals surface area (Å²) >= 11 is 0. The molecule has 0 spiro atoms. The van der Waals surface area contributed by atoms with Crippen LogP contribution >= 0.6 is 0 Å². The zero-order valence-electron chi connectivity index (χ0n) is 12.9. The van der Waals surface area contributed by atoms with Gasteiger partial charge in [-0.3, -0.25) is 9.78 Å². The lowest BCUT2D eigenvalue weighted by Gasteiger charge is -2.37. The van der Waals surface area contributed by atoms with E-state index in [4.69, 9.17) is 4.74 Å². The molecule has 0 aliphatic carbocycles. The van der Waals surface area contributed by atoms with Gasteiger partial charge in [-0.15, -0.1) is 0 Å². The zero-order chi connectivity index (χ0) is 16.3. The quantitative estimate of drug-likeness (QED) is 0.847. The highest BCUT2D eigenvalue weighted by Crippen LogP contribution is 2.23. The number of carboxylic acid groups (broad SMARTS) is 1. The maximum atomic E-state index is 12.0. The molecule has 1 aromatic rings. The third kappa shape index (κ3) is 5.11. The second kappa shape index (κ2) is 6.17. The minimum atomic E-state index is -1.22. The fourth-order valence-electron chi connectivity index (χ4n) is 2.00. The number of amides is 1. The summed E-state index contributed by atoms with van der Waals surface area (Å²) in [5, 5.41) is 11.8. The van der Waals surface area contributed by atoms with Gasteiger partial charge in [0.25, 0.3) is 5.91 Å². The second-order valence-electron chi connectivity index (χ2n) is 6.15. The summed E-state index contributed by atoms with van der Waals surface area (Å²) < 4.78 is 5.75. The Morgan fingerprint density at radius 1 is 1.24 bits per heavy atom. The maximum absolute atomic E-state index is 12.0. The van der Waals surface area contributed by atoms with Gasteiger partial charge in [-0.25, -0.2) is 9.78 Å². The molecule has 0 unspecified atom stereocenters. The number of aromatic nitrogens is 2. The summed E-state index contributed by atoms with van der Waals surface area (Å²) in [6.07, 6.45) is 4.06. The summed E-state index contributed by atoms with van der Waals surface area (Å²) in [6, 6.07) is -1.22. The van der Waals surface area contributed by atoms with Crippen molar-refractivity contribution >= 4 is 11.9 Å². The van der Waals surface area contributed by atoms with Crippen LogP contribution in [0.4, 0.5) is 0 Å². The Morgan fingerprint density at radius 2 is 1.86 bits per heavy atom. The molecule has 0 saturated heterocycles. The molecule has 0 aliphatic heterocycles. The molecule has 2 N–H and O–H groups in total. The molecule has 0 aromatic carbocycles. The van der Waals surface area contributed by atoms with E-state index < -0.39 is 29.1 Å². The van der Waals surface area contributed by atoms with Crippen LogP contribution in [0.3, 0.4) is 0 Å². The van der Waals surface area contributed by atoms with Crippen molar-refractivity contribution < 1.29 is 19.4 Å². The normalized spacial score (nSPS) is 13.6. The molecule has 7 nitrogen and oxygen atoms in total. The third-order valence-corrected chi connectivity index (χ3v) is 2.58. The standard InChI is InChI=1S/C14H21N3O4/c1-13(2,3)21-14(4,5)10(12(19)20)17-11(18)9-8-15-6-7-16-9/h6-8,10H,1-5H3,(H,17,18)(H,19,20)/t10-/m1/s1. The van der Waals surface area contributed by atoms with Gasteiger partial charge in [-0.1, -0.05) is 0 Å². The molecular formula is C14H21N3O4. The summed E-state index contributed by atoms with van der Waals surface area (Å²) in [7, 11) is 0. The predicted octanol–water partition coefficient (Wildman–Crippen LogP) is 1.25. The number of aliphatic carboxylic acids is 1. The van der Waals surface area contributed by atoms with Crippen LogP contribution in [0.25, 0.3) is 0 Å². The SMILES string of the molecule is CC(C)(C)OC(C)(C)[C@H](NC(=O)c1cnccn1)C(=O)O. The highest BCUT2D eigenvalue weighted by Gasteiger charge is 2.40. The monoisotopic (exact) mass is 295 g/mol. The van der Waals surface area contributed by atoms with Gasteiger partial charge in [0.05, 0.1) is 17.4 Å². The summed E-state index contributed by atoms with van der Waals surface area (Å²) in [5.74, 6) is -1.79. The number of hydrogen-bond donors (Lipinski definition) is 2. The van der Waals surface area contributed by atoms with Crippen LogP contribution in [-0.2, 0) is 9.53 Å². The summed E-state index contributed by atoms with van der Waals surface area (Å²) in [5.41, 5.74) is -1.59. The molecular weight excluding hydrogens is 274 g/mol. The Hall–Kier alpha value is -2.02. The fourth-order valence-corrected chi connectivity index (χ4v) is 2.00. The molecule has 21 heavy (non-hydrogen) atoms. The Labute approximate surface area is 123 Å². The van der Waals surface area contributed by atoms with Crippen molar-refractivity contribution in [2.75, 3.05) is 0 Å². The molecule has 0 aliphatic rings. The number of nitrogens with zero attached hydrogens (tertiary/aromatic N) is 2. The van der Waals surface area contributed by atoms with Gasteiger partial charge in [-0.2, -0.15) is 0 Å². The van der Waals surface area contributed by atoms with E-state index in [0.717, 1.165) is 0 Å². The average molecular weight is 295 g/mol. The number of ether oxygens (including phenoxy) is 1. The van der Waals surface area contributed by atoms with Crippen molar-refractivity contribution in [1.29, 1.82) is 0 Å². The first-order valence-electron chi connectivity index (χ1n) is 6.53. The first kappa shape index (κ1) is 17.0. The van der Waals surface area contributed by atoms with Crippen molar-refractivity contribution in [2.24, 2.45) is 0 Å². The Bertz CT molecular complexity index is 509. The molecule has 1 rings (SSSR count). The minimum absolute atomic E-state index is 0.0512. The Kier molecular flexibility index (Phi) is 5.01. The summed E-state index contributed by atoms with van der Waals surface area (Å²) in [4.78, 5) is 31.1. The van der Waals surface area contributed by atoms with Gasteiger partial charge in [0, 0.05) is 12.4 Å². The zero-order valence-corrected chi connectivity index (χ0v) is 12.9. The molecule has 1 heterocycles. The molecule has 1 atom stereocenters. The number of carbonyl (C=O) groups is 2. The van der Waals surface area contributed by atoms with E-state index in [-0.39, 0.29) is 5.69 Å². The van der Waals surface area contributed by atoms with Crippen molar-refractivity contribution in [1.82, 2.24) is 15.3 Å². The molecule has 0 bridgehead atoms. The lowest BCUT2D eigenvalue weighted by Crippen LogP contribution is -2.57. The van der Waals surface area contributed by atoms with E-state index in [9.17, 15) is 14.7 Å². The van der Waals surface area contributed by atoms with Crippen LogP contribution in [0.5, 0.6) is 0 Å². The van der Waals surface area contributed by atoms with Crippen LogP contribution in [0.15, 0.2) is 18.6 Å².